The summed E-state index contributed by atoms with van der Waals surface area (Å²) in [5, 5.41) is 4.01. The van der Waals surface area contributed by atoms with Gasteiger partial charge in [0.25, 0.3) is 11.8 Å². The molecule has 2 aromatic heterocycles. The molecule has 379 valence electrons. The highest BCUT2D eigenvalue weighted by molar-refractivity contribution is 6.27. The Hall–Kier alpha value is -5.44. The molecule has 5 heterocycles. The molecule has 0 aliphatic carbocycles. The standard InChI is InChI=1S/C55H71FN7O7Si/c1-12-62-46-17-16-38-27-42(46)43(49(62)41-15-13-21-57-48(41)35(4)68-11)28-53(5,6)33-70-52(67)55(71)19-14-22-63(59-55)51(66)45(26-36-23-37(29-56)25-39(38)24-36)58-50(65)44(34(2)3)32-69-40-30-61(31-40)47(64)18-20-54(7,8)60(9)10/h13,15-17,21,23-25,27,34-35,40,44-45,59H,12,14,19,22,26,28-33H2,1-11H3,(H,58,65)/t35-,44-,45-,55-/m0/s1. The Kier molecular flexibility index (Phi) is 16.3. The minimum Gasteiger partial charge on any atom is -0.464 e. The van der Waals surface area contributed by atoms with Crippen LogP contribution in [0.4, 0.5) is 4.39 Å². The summed E-state index contributed by atoms with van der Waals surface area (Å²) >= 11 is 0. The van der Waals surface area contributed by atoms with Gasteiger partial charge in [0.15, 0.2) is 0 Å². The van der Waals surface area contributed by atoms with Gasteiger partial charge in [-0.15, -0.1) is 0 Å². The van der Waals surface area contributed by atoms with Crippen LogP contribution in [0, 0.1) is 29.1 Å². The SMILES string of the molecule is CCn1c(-c2cccnc2[C@H](C)OC)c2c3cc(ccc31)-c1cc(CF)cc(c1)C[C@H](NC(=O)[C@@H](COC1CN(C(=O)C#CC(C)(C)N(C)C)C1)C(C)C)C(=O)N1CCC[C@@]([Si])(N1)C(=O)OCC(C)(C)C2. The number of alkyl halides is 1. The molecule has 7 rings (SSSR count). The van der Waals surface area contributed by atoms with Crippen LogP contribution in [0.25, 0.3) is 33.3 Å². The van der Waals surface area contributed by atoms with E-state index in [1.807, 2.05) is 77.9 Å². The van der Waals surface area contributed by atoms with Crippen LogP contribution in [-0.4, -0.2) is 135 Å². The highest BCUT2D eigenvalue weighted by Gasteiger charge is 2.43. The second kappa shape index (κ2) is 21.7. The van der Waals surface area contributed by atoms with Gasteiger partial charge < -0.3 is 29.0 Å². The average molecular weight is 989 g/mol. The van der Waals surface area contributed by atoms with E-state index in [-0.39, 0.29) is 56.1 Å². The number of ether oxygens (including phenoxy) is 3. The molecule has 0 unspecified atom stereocenters. The van der Waals surface area contributed by atoms with Gasteiger partial charge in [-0.2, -0.15) is 0 Å². The summed E-state index contributed by atoms with van der Waals surface area (Å²) in [5.41, 5.74) is 9.57. The van der Waals surface area contributed by atoms with Crippen LogP contribution in [0.3, 0.4) is 0 Å². The van der Waals surface area contributed by atoms with Gasteiger partial charge in [0, 0.05) is 67.8 Å². The highest BCUT2D eigenvalue weighted by Crippen LogP contribution is 2.42. The Labute approximate surface area is 422 Å². The molecule has 2 N–H and O–H groups in total. The van der Waals surface area contributed by atoms with E-state index in [4.69, 9.17) is 19.2 Å². The molecule has 0 spiro atoms. The van der Waals surface area contributed by atoms with Crippen molar-refractivity contribution in [1.29, 1.82) is 0 Å². The number of likely N-dealkylation sites (tertiary alicyclic amines) is 1. The number of fused-ring (bicyclic) bond motifs is 6. The van der Waals surface area contributed by atoms with E-state index in [9.17, 15) is 23.6 Å². The molecule has 3 radical (unpaired) electrons. The molecule has 14 nitrogen and oxygen atoms in total. The summed E-state index contributed by atoms with van der Waals surface area (Å²) in [6.07, 6.45) is 2.55. The Bertz CT molecular complexity index is 2700. The van der Waals surface area contributed by atoms with Crippen molar-refractivity contribution in [2.75, 3.05) is 54.1 Å². The molecule has 2 fully saturated rings. The van der Waals surface area contributed by atoms with Gasteiger partial charge in [-0.3, -0.25) is 34.1 Å². The fourth-order valence-electron chi connectivity index (χ4n) is 9.49. The number of rotatable bonds is 12. The van der Waals surface area contributed by atoms with E-state index in [1.54, 1.807) is 24.3 Å². The number of hydrogen-bond donors (Lipinski definition) is 2. The number of esters is 1. The Morgan fingerprint density at radius 3 is 2.52 bits per heavy atom. The maximum absolute atomic E-state index is 15.0. The molecule has 2 saturated heterocycles. The second-order valence-corrected chi connectivity index (χ2v) is 22.2. The lowest BCUT2D eigenvalue weighted by Gasteiger charge is -2.41. The molecule has 2 aromatic carbocycles. The monoisotopic (exact) mass is 989 g/mol. The zero-order valence-electron chi connectivity index (χ0n) is 43.3. The van der Waals surface area contributed by atoms with Gasteiger partial charge in [-0.25, -0.2) is 9.82 Å². The maximum atomic E-state index is 15.0. The first kappa shape index (κ1) is 53.4. The summed E-state index contributed by atoms with van der Waals surface area (Å²) in [4.78, 5) is 64.8. The first-order valence-corrected chi connectivity index (χ1v) is 25.3. The van der Waals surface area contributed by atoms with Crippen molar-refractivity contribution in [2.45, 2.75) is 123 Å². The number of hydrazine groups is 1. The third-order valence-corrected chi connectivity index (χ3v) is 15.0. The van der Waals surface area contributed by atoms with Crippen LogP contribution in [0.2, 0.25) is 0 Å². The fraction of sp³-hybridized carbons (Fsp3) is 0.545. The minimum atomic E-state index is -1.44. The van der Waals surface area contributed by atoms with Gasteiger partial charge >= 0.3 is 5.97 Å². The Morgan fingerprint density at radius 1 is 1.10 bits per heavy atom. The summed E-state index contributed by atoms with van der Waals surface area (Å²) < 4.78 is 35.5. The topological polar surface area (TPSA) is 148 Å². The number of pyridine rings is 1. The van der Waals surface area contributed by atoms with Crippen LogP contribution >= 0.6 is 0 Å². The predicted octanol–water partition coefficient (Wildman–Crippen LogP) is 6.55. The number of halogens is 1. The molecular formula is C55H71FN7O7Si. The number of nitrogens with one attached hydrogen (secondary N) is 2. The van der Waals surface area contributed by atoms with Crippen molar-refractivity contribution in [3.05, 3.63) is 77.1 Å². The number of carbonyl (C=O) groups is 4. The average Bonchev–Trinajstić information content (AvgIpc) is 3.62. The molecule has 0 saturated carbocycles. The van der Waals surface area contributed by atoms with Crippen molar-refractivity contribution in [3.8, 4) is 34.2 Å². The van der Waals surface area contributed by atoms with Gasteiger partial charge in [-0.1, -0.05) is 51.8 Å². The van der Waals surface area contributed by atoms with E-state index in [2.05, 4.69) is 76.4 Å². The van der Waals surface area contributed by atoms with E-state index < -0.39 is 46.6 Å². The van der Waals surface area contributed by atoms with Crippen molar-refractivity contribution in [2.24, 2.45) is 17.3 Å². The van der Waals surface area contributed by atoms with E-state index in [0.717, 1.165) is 44.5 Å². The number of cyclic esters (lactones) is 1. The third kappa shape index (κ3) is 11.8. The first-order valence-electron chi connectivity index (χ1n) is 24.8. The zero-order chi connectivity index (χ0) is 51.6. The lowest BCUT2D eigenvalue weighted by Crippen LogP contribution is -2.67. The molecule has 4 atom stereocenters. The van der Waals surface area contributed by atoms with Gasteiger partial charge in [0.05, 0.1) is 58.5 Å². The quantitative estimate of drug-likeness (QED) is 0.0910. The van der Waals surface area contributed by atoms with Crippen LogP contribution < -0.4 is 10.7 Å². The molecule has 4 aromatic rings. The van der Waals surface area contributed by atoms with Crippen molar-refractivity contribution >= 4 is 44.8 Å². The Morgan fingerprint density at radius 2 is 1.85 bits per heavy atom. The number of nitrogens with zero attached hydrogens (tertiary/aromatic N) is 5. The largest absolute Gasteiger partial charge is 0.464 e. The normalized spacial score (nSPS) is 20.7. The second-order valence-electron chi connectivity index (χ2n) is 21.3. The lowest BCUT2D eigenvalue weighted by molar-refractivity contribution is -0.158. The van der Waals surface area contributed by atoms with Crippen LogP contribution in [0.5, 0.6) is 0 Å². The summed E-state index contributed by atoms with van der Waals surface area (Å²) in [7, 11) is 9.22. The first-order chi connectivity index (χ1) is 33.6. The summed E-state index contributed by atoms with van der Waals surface area (Å²) in [5.74, 6) is 3.26. The number of amides is 3. The number of hydrogen-bond acceptors (Lipinski definition) is 10. The minimum absolute atomic E-state index is 0.0271. The van der Waals surface area contributed by atoms with Gasteiger partial charge in [0.2, 0.25) is 5.91 Å². The third-order valence-electron chi connectivity index (χ3n) is 14.4. The molecule has 3 amide bonds. The summed E-state index contributed by atoms with van der Waals surface area (Å²) in [6, 6.07) is 14.7. The van der Waals surface area contributed by atoms with Gasteiger partial charge in [-0.05, 0) is 131 Å². The van der Waals surface area contributed by atoms with Crippen LogP contribution in [-0.2, 0) is 59.4 Å². The van der Waals surface area contributed by atoms with E-state index in [1.165, 1.54) is 5.01 Å². The number of methoxy groups -OCH3 is 1. The molecule has 3 aliphatic heterocycles. The van der Waals surface area contributed by atoms with Crippen LogP contribution in [0.1, 0.15) is 96.7 Å². The number of benzene rings is 2. The Balaban J connectivity index is 1.25. The van der Waals surface area contributed by atoms with Crippen LogP contribution in [0.15, 0.2) is 54.7 Å². The molecular weight excluding hydrogens is 918 g/mol. The molecule has 71 heavy (non-hydrogen) atoms. The van der Waals surface area contributed by atoms with Gasteiger partial charge in [0.1, 0.15) is 17.9 Å². The molecule has 3 aliphatic rings. The van der Waals surface area contributed by atoms with Crippen molar-refractivity contribution in [1.82, 2.24) is 35.1 Å². The van der Waals surface area contributed by atoms with E-state index >= 15 is 0 Å². The van der Waals surface area contributed by atoms with Crippen molar-refractivity contribution < 1.29 is 37.8 Å². The number of aromatic nitrogens is 2. The maximum Gasteiger partial charge on any atom is 0.323 e. The van der Waals surface area contributed by atoms with Crippen molar-refractivity contribution in [3.63, 3.8) is 0 Å². The number of aryl methyl sites for hydroxylation is 1. The smallest absolute Gasteiger partial charge is 0.323 e. The van der Waals surface area contributed by atoms with E-state index in [0.29, 0.717) is 50.0 Å². The highest BCUT2D eigenvalue weighted by atomic mass is 28.1. The predicted molar refractivity (Wildman–Crippen MR) is 273 cm³/mol. The zero-order valence-corrected chi connectivity index (χ0v) is 44.3. The fourth-order valence-corrected chi connectivity index (χ4v) is 9.87. The summed E-state index contributed by atoms with van der Waals surface area (Å²) in [6.45, 7) is 17.0. The lowest BCUT2D eigenvalue weighted by atomic mass is 9.84. The number of carbonyl (C=O) groups excluding carboxylic acids is 4. The molecule has 16 heteroatoms. The molecule has 6 bridgehead atoms.